The fraction of sp³-hybridized carbons (Fsp3) is 0.188. The number of carbonyl (C=O) groups excluding carboxylic acids is 1. The van der Waals surface area contributed by atoms with E-state index < -0.39 is 0 Å². The van der Waals surface area contributed by atoms with E-state index in [0.717, 1.165) is 11.3 Å². The molecule has 1 heterocycles. The number of nitrogens with one attached hydrogen (secondary N) is 1. The Morgan fingerprint density at radius 1 is 1.30 bits per heavy atom. The average molecular weight is 329 g/mol. The minimum atomic E-state index is -0.227. The van der Waals surface area contributed by atoms with Crippen LogP contribution >= 0.6 is 11.8 Å². The first kappa shape index (κ1) is 16.8. The second kappa shape index (κ2) is 8.19. The summed E-state index contributed by atoms with van der Waals surface area (Å²) < 4.78 is 0. The zero-order valence-electron chi connectivity index (χ0n) is 12.8. The van der Waals surface area contributed by atoms with Gasteiger partial charge in [-0.2, -0.15) is 0 Å². The van der Waals surface area contributed by atoms with Gasteiger partial charge in [-0.3, -0.25) is 4.79 Å². The molecule has 0 fully saturated rings. The number of aliphatic imine (C=N–C) groups is 1. The highest BCUT2D eigenvalue weighted by Gasteiger charge is 2.07. The van der Waals surface area contributed by atoms with Crippen LogP contribution in [0.3, 0.4) is 0 Å². The summed E-state index contributed by atoms with van der Waals surface area (Å²) in [6.45, 7) is 0.483. The molecule has 1 aromatic carbocycles. The number of benzene rings is 1. The number of aromatic nitrogens is 1. The van der Waals surface area contributed by atoms with Crippen molar-refractivity contribution in [3.05, 3.63) is 53.9 Å². The number of amides is 1. The molecular weight excluding hydrogens is 310 g/mol. The molecule has 0 aliphatic heterocycles. The molecule has 0 atom stereocenters. The van der Waals surface area contributed by atoms with Gasteiger partial charge in [0.05, 0.1) is 17.6 Å². The van der Waals surface area contributed by atoms with Gasteiger partial charge in [0, 0.05) is 6.54 Å². The third kappa shape index (κ3) is 5.00. The summed E-state index contributed by atoms with van der Waals surface area (Å²) in [5.41, 5.74) is 14.0. The number of nitrogen functional groups attached to an aromatic ring is 1. The molecule has 5 N–H and O–H groups in total. The second-order valence-electron chi connectivity index (χ2n) is 4.77. The maximum absolute atomic E-state index is 12.0. The van der Waals surface area contributed by atoms with Crippen LogP contribution in [-0.2, 0) is 6.42 Å². The van der Waals surface area contributed by atoms with E-state index in [9.17, 15) is 4.79 Å². The summed E-state index contributed by atoms with van der Waals surface area (Å²) in [6, 6.07) is 11.0. The summed E-state index contributed by atoms with van der Waals surface area (Å²) >= 11 is 1.40. The molecular formula is C16H19N5OS. The quantitative estimate of drug-likeness (QED) is 0.574. The van der Waals surface area contributed by atoms with Crippen molar-refractivity contribution in [3.63, 3.8) is 0 Å². The smallest absolute Gasteiger partial charge is 0.269 e. The van der Waals surface area contributed by atoms with Crippen molar-refractivity contribution in [2.45, 2.75) is 6.42 Å². The van der Waals surface area contributed by atoms with Crippen molar-refractivity contribution in [2.24, 2.45) is 10.7 Å². The Bertz CT molecular complexity index is 700. The molecule has 2 aromatic rings. The lowest BCUT2D eigenvalue weighted by atomic mass is 10.1. The number of pyridine rings is 1. The zero-order valence-corrected chi connectivity index (χ0v) is 13.6. The largest absolute Gasteiger partial charge is 0.397 e. The van der Waals surface area contributed by atoms with Gasteiger partial charge in [-0.1, -0.05) is 30.0 Å². The summed E-state index contributed by atoms with van der Waals surface area (Å²) in [6.07, 6.45) is 3.99. The Balaban J connectivity index is 1.96. The number of carbonyl (C=O) groups is 1. The summed E-state index contributed by atoms with van der Waals surface area (Å²) in [7, 11) is 0. The predicted octanol–water partition coefficient (Wildman–Crippen LogP) is 1.95. The van der Waals surface area contributed by atoms with Gasteiger partial charge in [0.25, 0.3) is 5.91 Å². The van der Waals surface area contributed by atoms with Gasteiger partial charge in [-0.05, 0) is 36.4 Å². The normalized spacial score (nSPS) is 11.3. The van der Waals surface area contributed by atoms with Crippen LogP contribution in [0.2, 0.25) is 0 Å². The minimum absolute atomic E-state index is 0.227. The van der Waals surface area contributed by atoms with Crippen LogP contribution < -0.4 is 16.8 Å². The van der Waals surface area contributed by atoms with E-state index in [1.807, 2.05) is 30.5 Å². The standard InChI is InChI=1S/C16H19N5OS/c1-23-16(18)21-13-5-3-2-4-11(13)8-9-19-15(22)14-7-6-12(17)10-20-14/h2-7,10H,8-9,17H2,1H3,(H2,18,21)(H,19,22). The molecule has 0 unspecified atom stereocenters. The van der Waals surface area contributed by atoms with Crippen LogP contribution in [0.5, 0.6) is 0 Å². The zero-order chi connectivity index (χ0) is 16.7. The molecule has 2 rings (SSSR count). The molecule has 120 valence electrons. The number of rotatable bonds is 5. The van der Waals surface area contributed by atoms with Crippen LogP contribution in [0.1, 0.15) is 16.1 Å². The van der Waals surface area contributed by atoms with E-state index in [0.29, 0.717) is 29.5 Å². The third-order valence-corrected chi connectivity index (χ3v) is 3.64. The van der Waals surface area contributed by atoms with Crippen LogP contribution in [0, 0.1) is 0 Å². The lowest BCUT2D eigenvalue weighted by Gasteiger charge is -2.08. The van der Waals surface area contributed by atoms with Crippen LogP contribution in [0.15, 0.2) is 47.6 Å². The Labute approximate surface area is 139 Å². The molecule has 1 aromatic heterocycles. The number of hydrogen-bond donors (Lipinski definition) is 3. The molecule has 7 heteroatoms. The highest BCUT2D eigenvalue weighted by Crippen LogP contribution is 2.20. The van der Waals surface area contributed by atoms with Crippen molar-refractivity contribution < 1.29 is 4.79 Å². The van der Waals surface area contributed by atoms with Crippen LogP contribution in [0.25, 0.3) is 0 Å². The summed E-state index contributed by atoms with van der Waals surface area (Å²) in [4.78, 5) is 20.3. The van der Waals surface area contributed by atoms with Crippen molar-refractivity contribution in [3.8, 4) is 0 Å². The molecule has 0 radical (unpaired) electrons. The Kier molecular flexibility index (Phi) is 5.99. The van der Waals surface area contributed by atoms with Crippen molar-refractivity contribution >= 4 is 34.2 Å². The van der Waals surface area contributed by atoms with E-state index in [1.165, 1.54) is 18.0 Å². The SMILES string of the molecule is CS/C(N)=N\c1ccccc1CCNC(=O)c1ccc(N)cn1. The number of thioether (sulfide) groups is 1. The number of nitrogens with two attached hydrogens (primary N) is 2. The van der Waals surface area contributed by atoms with Crippen molar-refractivity contribution in [1.82, 2.24) is 10.3 Å². The molecule has 1 amide bonds. The summed E-state index contributed by atoms with van der Waals surface area (Å²) in [5, 5.41) is 3.34. The van der Waals surface area contributed by atoms with Crippen LogP contribution in [-0.4, -0.2) is 28.9 Å². The van der Waals surface area contributed by atoms with E-state index in [4.69, 9.17) is 11.5 Å². The maximum atomic E-state index is 12.0. The Morgan fingerprint density at radius 2 is 2.09 bits per heavy atom. The monoisotopic (exact) mass is 329 g/mol. The molecule has 0 saturated heterocycles. The lowest BCUT2D eigenvalue weighted by molar-refractivity contribution is 0.0949. The summed E-state index contributed by atoms with van der Waals surface area (Å²) in [5.74, 6) is -0.227. The first-order chi connectivity index (χ1) is 11.1. The highest BCUT2D eigenvalue weighted by atomic mass is 32.2. The van der Waals surface area contributed by atoms with Crippen molar-refractivity contribution in [1.29, 1.82) is 0 Å². The van der Waals surface area contributed by atoms with Gasteiger partial charge >= 0.3 is 0 Å². The van der Waals surface area contributed by atoms with Gasteiger partial charge in [0.1, 0.15) is 5.69 Å². The number of hydrogen-bond acceptors (Lipinski definition) is 5. The highest BCUT2D eigenvalue weighted by molar-refractivity contribution is 8.13. The molecule has 23 heavy (non-hydrogen) atoms. The molecule has 6 nitrogen and oxygen atoms in total. The van der Waals surface area contributed by atoms with Crippen molar-refractivity contribution in [2.75, 3.05) is 18.5 Å². The third-order valence-electron chi connectivity index (χ3n) is 3.13. The van der Waals surface area contributed by atoms with E-state index in [-0.39, 0.29) is 5.91 Å². The fourth-order valence-electron chi connectivity index (χ4n) is 1.94. The van der Waals surface area contributed by atoms with Crippen LogP contribution in [0.4, 0.5) is 11.4 Å². The van der Waals surface area contributed by atoms with Gasteiger partial charge in [-0.25, -0.2) is 9.98 Å². The van der Waals surface area contributed by atoms with Gasteiger partial charge in [0.2, 0.25) is 0 Å². The Morgan fingerprint density at radius 3 is 2.78 bits per heavy atom. The molecule has 0 spiro atoms. The molecule has 0 saturated carbocycles. The first-order valence-electron chi connectivity index (χ1n) is 7.06. The molecule has 0 bridgehead atoms. The molecule has 0 aliphatic carbocycles. The number of nitrogens with zero attached hydrogens (tertiary/aromatic N) is 2. The molecule has 0 aliphatic rings. The van der Waals surface area contributed by atoms with E-state index in [1.54, 1.807) is 12.1 Å². The Hall–Kier alpha value is -2.54. The minimum Gasteiger partial charge on any atom is -0.397 e. The van der Waals surface area contributed by atoms with Gasteiger partial charge < -0.3 is 16.8 Å². The van der Waals surface area contributed by atoms with E-state index >= 15 is 0 Å². The first-order valence-corrected chi connectivity index (χ1v) is 8.28. The number of anilines is 1. The fourth-order valence-corrected chi connectivity index (χ4v) is 2.13. The lowest BCUT2D eigenvalue weighted by Crippen LogP contribution is -2.26. The van der Waals surface area contributed by atoms with Gasteiger partial charge in [-0.15, -0.1) is 0 Å². The topological polar surface area (TPSA) is 106 Å². The number of amidine groups is 1. The number of para-hydroxylation sites is 1. The van der Waals surface area contributed by atoms with E-state index in [2.05, 4.69) is 15.3 Å². The maximum Gasteiger partial charge on any atom is 0.269 e. The average Bonchev–Trinajstić information content (AvgIpc) is 2.56. The second-order valence-corrected chi connectivity index (χ2v) is 5.59. The van der Waals surface area contributed by atoms with Gasteiger partial charge in [0.15, 0.2) is 5.17 Å². The predicted molar refractivity (Wildman–Crippen MR) is 95.9 cm³/mol.